The average Bonchev–Trinajstić information content (AvgIpc) is 3.54. The number of halogens is 2. The number of ether oxygens (including phenoxy) is 1. The third-order valence-corrected chi connectivity index (χ3v) is 7.82. The lowest BCUT2D eigenvalue weighted by atomic mass is 10.1. The van der Waals surface area contributed by atoms with E-state index in [0.717, 1.165) is 16.5 Å². The van der Waals surface area contributed by atoms with Crippen molar-refractivity contribution in [1.29, 1.82) is 0 Å². The largest absolute Gasteiger partial charge is 0.496 e. The summed E-state index contributed by atoms with van der Waals surface area (Å²) in [6, 6.07) is 30.2. The molecule has 0 aliphatic carbocycles. The molecule has 11 heteroatoms. The van der Waals surface area contributed by atoms with Crippen LogP contribution in [0.4, 0.5) is 15.8 Å². The highest BCUT2D eigenvalue weighted by Crippen LogP contribution is 2.31. The molecule has 232 valence electrons. The maximum atomic E-state index is 13.6. The highest BCUT2D eigenvalue weighted by atomic mass is 35.5. The lowest BCUT2D eigenvalue weighted by molar-refractivity contribution is -0.114. The molecular formula is C35H27ClFN3O5S. The molecule has 1 aromatic heterocycles. The molecule has 0 unspecified atom stereocenters. The van der Waals surface area contributed by atoms with Crippen LogP contribution in [0.25, 0.3) is 17.4 Å². The van der Waals surface area contributed by atoms with Crippen LogP contribution in [0.5, 0.6) is 5.75 Å². The number of rotatable bonds is 11. The normalized spacial score (nSPS) is 11.1. The fraction of sp³-hybridized carbons (Fsp3) is 0.0571. The van der Waals surface area contributed by atoms with Crippen LogP contribution in [0, 0.1) is 5.82 Å². The number of methoxy groups -OCH3 is 1. The van der Waals surface area contributed by atoms with Gasteiger partial charge in [-0.2, -0.15) is 0 Å². The van der Waals surface area contributed by atoms with E-state index >= 15 is 0 Å². The molecule has 0 atom stereocenters. The number of para-hydroxylation sites is 1. The Morgan fingerprint density at radius 1 is 0.870 bits per heavy atom. The van der Waals surface area contributed by atoms with E-state index < -0.39 is 17.6 Å². The number of carbonyl (C=O) groups excluding carboxylic acids is 3. The second kappa shape index (κ2) is 15.1. The van der Waals surface area contributed by atoms with E-state index in [4.69, 9.17) is 20.8 Å². The van der Waals surface area contributed by atoms with Crippen molar-refractivity contribution in [2.45, 2.75) is 4.90 Å². The predicted octanol–water partition coefficient (Wildman–Crippen LogP) is 7.89. The van der Waals surface area contributed by atoms with E-state index in [9.17, 15) is 18.8 Å². The van der Waals surface area contributed by atoms with Gasteiger partial charge in [-0.15, -0.1) is 11.8 Å². The van der Waals surface area contributed by atoms with Gasteiger partial charge in [-0.3, -0.25) is 14.4 Å². The van der Waals surface area contributed by atoms with Crippen molar-refractivity contribution in [2.24, 2.45) is 0 Å². The van der Waals surface area contributed by atoms with Gasteiger partial charge < -0.3 is 25.1 Å². The second-order valence-electron chi connectivity index (χ2n) is 9.72. The predicted molar refractivity (Wildman–Crippen MR) is 178 cm³/mol. The molecule has 0 fully saturated rings. The number of hydrogen-bond acceptors (Lipinski definition) is 6. The number of anilines is 2. The quantitative estimate of drug-likeness (QED) is 0.0986. The molecule has 3 amide bonds. The summed E-state index contributed by atoms with van der Waals surface area (Å²) in [4.78, 5) is 39.5. The van der Waals surface area contributed by atoms with E-state index in [1.807, 2.05) is 24.3 Å². The van der Waals surface area contributed by atoms with Gasteiger partial charge in [0.2, 0.25) is 5.91 Å². The highest BCUT2D eigenvalue weighted by Gasteiger charge is 2.17. The second-order valence-corrected chi connectivity index (χ2v) is 11.2. The summed E-state index contributed by atoms with van der Waals surface area (Å²) in [5.41, 5.74) is 1.84. The van der Waals surface area contributed by atoms with Crippen LogP contribution in [0.15, 0.2) is 124 Å². The minimum Gasteiger partial charge on any atom is -0.496 e. The third kappa shape index (κ3) is 8.44. The van der Waals surface area contributed by atoms with Gasteiger partial charge in [-0.25, -0.2) is 4.39 Å². The molecule has 0 bridgehead atoms. The van der Waals surface area contributed by atoms with Crippen LogP contribution in [0.3, 0.4) is 0 Å². The molecule has 4 aromatic carbocycles. The molecule has 0 spiro atoms. The summed E-state index contributed by atoms with van der Waals surface area (Å²) in [5, 5.41) is 8.08. The van der Waals surface area contributed by atoms with Gasteiger partial charge in [-0.1, -0.05) is 41.9 Å². The van der Waals surface area contributed by atoms with Crippen LogP contribution in [-0.2, 0) is 9.59 Å². The van der Waals surface area contributed by atoms with Gasteiger partial charge in [0, 0.05) is 27.9 Å². The molecule has 5 aromatic rings. The first kappa shape index (κ1) is 32.1. The number of furan rings is 1. The number of nitrogens with one attached hydrogen (secondary N) is 3. The zero-order chi connectivity index (χ0) is 32.5. The Morgan fingerprint density at radius 3 is 2.33 bits per heavy atom. The van der Waals surface area contributed by atoms with Gasteiger partial charge in [0.15, 0.2) is 0 Å². The zero-order valence-electron chi connectivity index (χ0n) is 24.4. The molecular weight excluding hydrogens is 629 g/mol. The smallest absolute Gasteiger partial charge is 0.272 e. The zero-order valence-corrected chi connectivity index (χ0v) is 26.0. The summed E-state index contributed by atoms with van der Waals surface area (Å²) < 4.78 is 25.1. The molecule has 0 aliphatic heterocycles. The fourth-order valence-electron chi connectivity index (χ4n) is 4.26. The van der Waals surface area contributed by atoms with E-state index in [-0.39, 0.29) is 22.4 Å². The summed E-state index contributed by atoms with van der Waals surface area (Å²) >= 11 is 6.95. The van der Waals surface area contributed by atoms with Crippen LogP contribution in [0.2, 0.25) is 5.02 Å². The van der Waals surface area contributed by atoms with Crippen molar-refractivity contribution in [3.8, 4) is 17.1 Å². The monoisotopic (exact) mass is 655 g/mol. The van der Waals surface area contributed by atoms with Crippen molar-refractivity contribution in [3.05, 3.63) is 137 Å². The number of hydrogen-bond donors (Lipinski definition) is 3. The first-order valence-electron chi connectivity index (χ1n) is 13.9. The molecule has 3 N–H and O–H groups in total. The Hall–Kier alpha value is -5.32. The van der Waals surface area contributed by atoms with Gasteiger partial charge in [0.25, 0.3) is 11.8 Å². The van der Waals surface area contributed by atoms with Crippen molar-refractivity contribution < 1.29 is 27.9 Å². The first-order valence-corrected chi connectivity index (χ1v) is 15.3. The Morgan fingerprint density at radius 2 is 1.59 bits per heavy atom. The molecule has 0 aliphatic rings. The average molecular weight is 656 g/mol. The van der Waals surface area contributed by atoms with Crippen LogP contribution in [0.1, 0.15) is 16.1 Å². The van der Waals surface area contributed by atoms with Crippen LogP contribution in [-0.4, -0.2) is 30.6 Å². The Balaban J connectivity index is 1.27. The highest BCUT2D eigenvalue weighted by molar-refractivity contribution is 8.00. The van der Waals surface area contributed by atoms with Crippen molar-refractivity contribution in [1.82, 2.24) is 5.32 Å². The van der Waals surface area contributed by atoms with Gasteiger partial charge in [0.05, 0.1) is 23.4 Å². The van der Waals surface area contributed by atoms with Crippen LogP contribution >= 0.6 is 23.4 Å². The lowest BCUT2D eigenvalue weighted by Crippen LogP contribution is -2.30. The first-order chi connectivity index (χ1) is 22.3. The van der Waals surface area contributed by atoms with Gasteiger partial charge in [0.1, 0.15) is 28.8 Å². The van der Waals surface area contributed by atoms with Gasteiger partial charge >= 0.3 is 0 Å². The number of amides is 3. The van der Waals surface area contributed by atoms with Crippen molar-refractivity contribution >= 4 is 58.5 Å². The Labute approximate surface area is 273 Å². The summed E-state index contributed by atoms with van der Waals surface area (Å²) in [5.74, 6) is -0.412. The van der Waals surface area contributed by atoms with Crippen molar-refractivity contribution in [3.63, 3.8) is 0 Å². The topological polar surface area (TPSA) is 110 Å². The van der Waals surface area contributed by atoms with Crippen molar-refractivity contribution in [2.75, 3.05) is 23.5 Å². The maximum Gasteiger partial charge on any atom is 0.272 e. The Kier molecular flexibility index (Phi) is 10.5. The standard InChI is InChI=1S/C35H27ClFN3O5S/c1-44-31-10-6-5-9-27(31)32-18-14-25(45-32)20-30(40-34(42)22-7-3-2-4-8-22)35(43)39-23-11-15-26(16-12-23)46-21-33(41)38-24-13-17-28(36)29(37)19-24/h2-20H,21H2,1H3,(H,38,41)(H,39,43)(H,40,42). The van der Waals surface area contributed by atoms with E-state index in [0.29, 0.717) is 34.2 Å². The van der Waals surface area contributed by atoms with E-state index in [1.165, 1.54) is 30.0 Å². The number of benzene rings is 4. The number of thioether (sulfide) groups is 1. The molecule has 0 saturated carbocycles. The maximum absolute atomic E-state index is 13.6. The van der Waals surface area contributed by atoms with E-state index in [1.54, 1.807) is 73.8 Å². The summed E-state index contributed by atoms with van der Waals surface area (Å²) in [6.07, 6.45) is 1.45. The molecule has 8 nitrogen and oxygen atoms in total. The molecule has 5 rings (SSSR count). The van der Waals surface area contributed by atoms with Gasteiger partial charge in [-0.05, 0) is 78.9 Å². The molecule has 0 saturated heterocycles. The minimum atomic E-state index is -0.621. The molecule has 1 heterocycles. The molecule has 46 heavy (non-hydrogen) atoms. The third-order valence-electron chi connectivity index (χ3n) is 6.50. The molecule has 0 radical (unpaired) electrons. The van der Waals surface area contributed by atoms with E-state index in [2.05, 4.69) is 16.0 Å². The fourth-order valence-corrected chi connectivity index (χ4v) is 5.08. The summed E-state index contributed by atoms with van der Waals surface area (Å²) in [7, 11) is 1.57. The Bertz CT molecular complexity index is 1890. The number of carbonyl (C=O) groups is 3. The van der Waals surface area contributed by atoms with Crippen LogP contribution < -0.4 is 20.7 Å². The minimum absolute atomic E-state index is 0.0278. The SMILES string of the molecule is COc1ccccc1-c1ccc(C=C(NC(=O)c2ccccc2)C(=O)Nc2ccc(SCC(=O)Nc3ccc(Cl)c(F)c3)cc2)o1. The lowest BCUT2D eigenvalue weighted by Gasteiger charge is -2.11. The summed E-state index contributed by atoms with van der Waals surface area (Å²) in [6.45, 7) is 0.